The number of ether oxygens (including phenoxy) is 3. The number of carbonyl (C=O) groups is 1. The molecule has 2 rings (SSSR count). The summed E-state index contributed by atoms with van der Waals surface area (Å²) >= 11 is 0. The fourth-order valence-corrected chi connectivity index (χ4v) is 2.02. The number of nitrogens with one attached hydrogen (secondary N) is 1. The van der Waals surface area contributed by atoms with E-state index in [2.05, 4.69) is 5.32 Å². The summed E-state index contributed by atoms with van der Waals surface area (Å²) in [4.78, 5) is 11.5. The summed E-state index contributed by atoms with van der Waals surface area (Å²) in [6.45, 7) is 6.49. The van der Waals surface area contributed by atoms with Gasteiger partial charge >= 0.3 is 6.09 Å². The maximum absolute atomic E-state index is 11.5. The van der Waals surface area contributed by atoms with Crippen molar-refractivity contribution < 1.29 is 19.0 Å². The molecule has 0 heterocycles. The molecule has 0 bridgehead atoms. The molecule has 0 spiro atoms. The van der Waals surface area contributed by atoms with Crippen molar-refractivity contribution in [3.05, 3.63) is 54.6 Å². The van der Waals surface area contributed by atoms with Crippen LogP contribution in [0.1, 0.15) is 27.2 Å². The molecule has 0 aromatic heterocycles. The third kappa shape index (κ3) is 7.61. The third-order valence-corrected chi connectivity index (χ3v) is 3.04. The number of amides is 1. The lowest BCUT2D eigenvalue weighted by molar-refractivity contribution is 0.0525. The van der Waals surface area contributed by atoms with Gasteiger partial charge in [-0.1, -0.05) is 24.3 Å². The van der Waals surface area contributed by atoms with E-state index >= 15 is 0 Å². The summed E-state index contributed by atoms with van der Waals surface area (Å²) in [6, 6.07) is 17.1. The molecule has 0 fully saturated rings. The summed E-state index contributed by atoms with van der Waals surface area (Å²) in [5.41, 5.74) is -0.486. The lowest BCUT2D eigenvalue weighted by atomic mass is 10.2. The van der Waals surface area contributed by atoms with Crippen molar-refractivity contribution in [1.82, 2.24) is 5.32 Å². The van der Waals surface area contributed by atoms with Gasteiger partial charge in [-0.15, -0.1) is 0 Å². The predicted molar refractivity (Wildman–Crippen MR) is 97.3 cm³/mol. The molecule has 0 aliphatic heterocycles. The Labute approximate surface area is 148 Å². The first-order valence-corrected chi connectivity index (χ1v) is 8.35. The average molecular weight is 343 g/mol. The molecule has 0 radical (unpaired) electrons. The maximum atomic E-state index is 11.5. The minimum absolute atomic E-state index is 0.411. The molecule has 5 nitrogen and oxygen atoms in total. The van der Waals surface area contributed by atoms with Gasteiger partial charge in [0.25, 0.3) is 0 Å². The van der Waals surface area contributed by atoms with Crippen molar-refractivity contribution >= 4 is 6.09 Å². The molecule has 2 aromatic rings. The average Bonchev–Trinajstić information content (AvgIpc) is 2.54. The van der Waals surface area contributed by atoms with Gasteiger partial charge in [0, 0.05) is 12.6 Å². The van der Waals surface area contributed by atoms with Gasteiger partial charge in [-0.25, -0.2) is 4.79 Å². The number of carbonyl (C=O) groups excluding carboxylic acids is 1. The first-order chi connectivity index (χ1) is 11.9. The topological polar surface area (TPSA) is 56.8 Å². The van der Waals surface area contributed by atoms with Crippen molar-refractivity contribution in [3.63, 3.8) is 0 Å². The molecule has 1 N–H and O–H groups in total. The van der Waals surface area contributed by atoms with Crippen molar-refractivity contribution in [3.8, 4) is 17.2 Å². The highest BCUT2D eigenvalue weighted by atomic mass is 16.6. The van der Waals surface area contributed by atoms with E-state index in [1.54, 1.807) is 0 Å². The van der Waals surface area contributed by atoms with Gasteiger partial charge in [0.1, 0.15) is 22.8 Å². The first kappa shape index (κ1) is 18.6. The van der Waals surface area contributed by atoms with Crippen LogP contribution in [0.25, 0.3) is 0 Å². The fraction of sp³-hybridized carbons (Fsp3) is 0.350. The molecule has 0 saturated carbocycles. The number of rotatable bonds is 7. The highest BCUT2D eigenvalue weighted by Gasteiger charge is 2.15. The first-order valence-electron chi connectivity index (χ1n) is 8.35. The molecule has 0 atom stereocenters. The second-order valence-corrected chi connectivity index (χ2v) is 6.52. The van der Waals surface area contributed by atoms with Crippen LogP contribution in [0.4, 0.5) is 4.79 Å². The van der Waals surface area contributed by atoms with E-state index in [1.165, 1.54) is 0 Å². The van der Waals surface area contributed by atoms with E-state index in [9.17, 15) is 4.79 Å². The minimum atomic E-state index is -0.486. The van der Waals surface area contributed by atoms with Gasteiger partial charge in [0.05, 0.1) is 6.61 Å². The highest BCUT2D eigenvalue weighted by molar-refractivity contribution is 5.67. The van der Waals surface area contributed by atoms with Crippen molar-refractivity contribution in [2.24, 2.45) is 0 Å². The van der Waals surface area contributed by atoms with Gasteiger partial charge in [-0.05, 0) is 51.5 Å². The Balaban J connectivity index is 1.71. The van der Waals surface area contributed by atoms with E-state index in [1.807, 2.05) is 75.4 Å². The molecule has 1 amide bonds. The van der Waals surface area contributed by atoms with Crippen LogP contribution in [0.15, 0.2) is 54.6 Å². The Morgan fingerprint density at radius 2 is 1.64 bits per heavy atom. The molecule has 5 heteroatoms. The molecular weight excluding hydrogens is 318 g/mol. The highest BCUT2D eigenvalue weighted by Crippen LogP contribution is 2.24. The van der Waals surface area contributed by atoms with Crippen molar-refractivity contribution in [2.75, 3.05) is 13.2 Å². The van der Waals surface area contributed by atoms with Crippen LogP contribution in [0.2, 0.25) is 0 Å². The van der Waals surface area contributed by atoms with Crippen LogP contribution in [0.5, 0.6) is 17.2 Å². The van der Waals surface area contributed by atoms with Gasteiger partial charge in [0.15, 0.2) is 0 Å². The van der Waals surface area contributed by atoms with Crippen LogP contribution in [0.3, 0.4) is 0 Å². The monoisotopic (exact) mass is 343 g/mol. The lowest BCUT2D eigenvalue weighted by Crippen LogP contribution is -2.33. The Bertz CT molecular complexity index is 665. The van der Waals surface area contributed by atoms with Gasteiger partial charge in [0.2, 0.25) is 0 Å². The summed E-state index contributed by atoms with van der Waals surface area (Å²) < 4.78 is 16.6. The normalized spacial score (nSPS) is 10.8. The van der Waals surface area contributed by atoms with E-state index in [0.29, 0.717) is 19.6 Å². The van der Waals surface area contributed by atoms with E-state index < -0.39 is 11.7 Å². The maximum Gasteiger partial charge on any atom is 0.407 e. The zero-order valence-electron chi connectivity index (χ0n) is 15.0. The van der Waals surface area contributed by atoms with Crippen LogP contribution >= 0.6 is 0 Å². The fourth-order valence-electron chi connectivity index (χ4n) is 2.02. The van der Waals surface area contributed by atoms with Crippen LogP contribution in [-0.2, 0) is 4.74 Å². The largest absolute Gasteiger partial charge is 0.493 e. The summed E-state index contributed by atoms with van der Waals surface area (Å²) in [7, 11) is 0. The van der Waals surface area contributed by atoms with Gasteiger partial charge < -0.3 is 19.5 Å². The number of alkyl carbamates (subject to hydrolysis) is 1. The number of para-hydroxylation sites is 1. The summed E-state index contributed by atoms with van der Waals surface area (Å²) in [6.07, 6.45) is 0.272. The Morgan fingerprint density at radius 3 is 2.36 bits per heavy atom. The lowest BCUT2D eigenvalue weighted by Gasteiger charge is -2.19. The molecular formula is C20H25NO4. The summed E-state index contributed by atoms with van der Waals surface area (Å²) in [5, 5.41) is 2.70. The Morgan fingerprint density at radius 1 is 0.960 bits per heavy atom. The zero-order chi connectivity index (χ0) is 18.1. The quantitative estimate of drug-likeness (QED) is 0.736. The second kappa shape index (κ2) is 8.97. The summed E-state index contributed by atoms with van der Waals surface area (Å²) in [5.74, 6) is 2.22. The zero-order valence-corrected chi connectivity index (χ0v) is 15.0. The molecule has 0 aliphatic rings. The van der Waals surface area contributed by atoms with Crippen LogP contribution in [0, 0.1) is 0 Å². The number of benzene rings is 2. The van der Waals surface area contributed by atoms with Crippen molar-refractivity contribution in [2.45, 2.75) is 32.8 Å². The second-order valence-electron chi connectivity index (χ2n) is 6.52. The molecule has 0 unspecified atom stereocenters. The minimum Gasteiger partial charge on any atom is -0.493 e. The van der Waals surface area contributed by atoms with E-state index in [0.717, 1.165) is 17.2 Å². The predicted octanol–water partition coefficient (Wildman–Crippen LogP) is 4.77. The smallest absolute Gasteiger partial charge is 0.407 e. The molecule has 25 heavy (non-hydrogen) atoms. The van der Waals surface area contributed by atoms with E-state index in [-0.39, 0.29) is 0 Å². The van der Waals surface area contributed by atoms with E-state index in [4.69, 9.17) is 14.2 Å². The third-order valence-electron chi connectivity index (χ3n) is 3.04. The number of hydrogen-bond donors (Lipinski definition) is 1. The van der Waals surface area contributed by atoms with Crippen molar-refractivity contribution in [1.29, 1.82) is 0 Å². The van der Waals surface area contributed by atoms with Gasteiger partial charge in [-0.3, -0.25) is 0 Å². The molecule has 134 valence electrons. The Kier molecular flexibility index (Phi) is 6.69. The standard InChI is InChI=1S/C20H25NO4/c1-20(2,3)25-19(22)21-13-8-14-23-17-11-7-12-18(15-17)24-16-9-5-4-6-10-16/h4-7,9-12,15H,8,13-14H2,1-3H3,(H,21,22). The molecule has 0 saturated heterocycles. The van der Waals surface area contributed by atoms with Crippen LogP contribution in [-0.4, -0.2) is 24.8 Å². The van der Waals surface area contributed by atoms with Crippen LogP contribution < -0.4 is 14.8 Å². The van der Waals surface area contributed by atoms with Gasteiger partial charge in [-0.2, -0.15) is 0 Å². The molecule has 2 aromatic carbocycles. The SMILES string of the molecule is CC(C)(C)OC(=O)NCCCOc1cccc(Oc2ccccc2)c1. The Hall–Kier alpha value is -2.69. The molecule has 0 aliphatic carbocycles. The number of hydrogen-bond acceptors (Lipinski definition) is 4.